The highest BCUT2D eigenvalue weighted by Crippen LogP contribution is 2.45. The van der Waals surface area contributed by atoms with E-state index >= 15 is 0 Å². The molecular formula is C18H33N3O2. The van der Waals surface area contributed by atoms with Crippen molar-refractivity contribution in [1.29, 1.82) is 0 Å². The van der Waals surface area contributed by atoms with E-state index in [0.717, 1.165) is 51.6 Å². The summed E-state index contributed by atoms with van der Waals surface area (Å²) >= 11 is 0. The molecule has 0 unspecified atom stereocenters. The molecule has 1 aliphatic carbocycles. The average Bonchev–Trinajstić information content (AvgIpc) is 3.23. The second-order valence-corrected chi connectivity index (χ2v) is 7.55. The summed E-state index contributed by atoms with van der Waals surface area (Å²) in [4.78, 5) is 7.45. The van der Waals surface area contributed by atoms with Crippen molar-refractivity contribution in [3.05, 3.63) is 0 Å². The Kier molecular flexibility index (Phi) is 5.47. The van der Waals surface area contributed by atoms with Crippen molar-refractivity contribution in [2.45, 2.75) is 57.5 Å². The summed E-state index contributed by atoms with van der Waals surface area (Å²) in [5.74, 6) is 1.08. The molecule has 2 aliphatic heterocycles. The van der Waals surface area contributed by atoms with Crippen molar-refractivity contribution < 1.29 is 9.47 Å². The van der Waals surface area contributed by atoms with Crippen LogP contribution < -0.4 is 5.32 Å². The van der Waals surface area contributed by atoms with E-state index in [2.05, 4.69) is 17.1 Å². The SMILES string of the molecule is CCNC(=NCC1(OC)CCOCC1)N1CCC2(CCCC2)C1. The molecule has 0 radical (unpaired) electrons. The van der Waals surface area contributed by atoms with E-state index in [0.29, 0.717) is 5.41 Å². The number of methoxy groups -OCH3 is 1. The predicted molar refractivity (Wildman–Crippen MR) is 92.9 cm³/mol. The molecule has 1 saturated carbocycles. The lowest BCUT2D eigenvalue weighted by molar-refractivity contribution is -0.0829. The number of hydrogen-bond acceptors (Lipinski definition) is 3. The molecule has 2 heterocycles. The van der Waals surface area contributed by atoms with Gasteiger partial charge in [-0.15, -0.1) is 0 Å². The van der Waals surface area contributed by atoms with E-state index in [1.54, 1.807) is 0 Å². The lowest BCUT2D eigenvalue weighted by atomic mass is 9.86. The zero-order chi connectivity index (χ0) is 16.2. The molecule has 0 aromatic heterocycles. The number of nitrogens with zero attached hydrogens (tertiary/aromatic N) is 2. The van der Waals surface area contributed by atoms with Crippen LogP contribution in [0.1, 0.15) is 51.9 Å². The fraction of sp³-hybridized carbons (Fsp3) is 0.944. The summed E-state index contributed by atoms with van der Waals surface area (Å²) in [7, 11) is 1.82. The minimum Gasteiger partial charge on any atom is -0.381 e. The molecule has 0 amide bonds. The lowest BCUT2D eigenvalue weighted by Gasteiger charge is -2.35. The Morgan fingerprint density at radius 3 is 2.57 bits per heavy atom. The summed E-state index contributed by atoms with van der Waals surface area (Å²) in [6.07, 6.45) is 8.85. The highest BCUT2D eigenvalue weighted by Gasteiger charge is 2.41. The van der Waals surface area contributed by atoms with Crippen LogP contribution in [-0.2, 0) is 9.47 Å². The maximum absolute atomic E-state index is 5.83. The van der Waals surface area contributed by atoms with Gasteiger partial charge in [-0.2, -0.15) is 0 Å². The van der Waals surface area contributed by atoms with Gasteiger partial charge in [-0.05, 0) is 31.6 Å². The molecule has 0 aromatic carbocycles. The Hall–Kier alpha value is -0.810. The summed E-state index contributed by atoms with van der Waals surface area (Å²) < 4.78 is 11.3. The van der Waals surface area contributed by atoms with E-state index in [4.69, 9.17) is 14.5 Å². The Balaban J connectivity index is 1.65. The number of rotatable bonds is 4. The minimum atomic E-state index is -0.135. The van der Waals surface area contributed by atoms with E-state index in [1.165, 1.54) is 38.6 Å². The number of nitrogens with one attached hydrogen (secondary N) is 1. The largest absolute Gasteiger partial charge is 0.381 e. The quantitative estimate of drug-likeness (QED) is 0.637. The molecule has 0 aromatic rings. The monoisotopic (exact) mass is 323 g/mol. The van der Waals surface area contributed by atoms with Gasteiger partial charge in [0.2, 0.25) is 0 Å². The summed E-state index contributed by atoms with van der Waals surface area (Å²) in [5.41, 5.74) is 0.442. The first-order valence-corrected chi connectivity index (χ1v) is 9.37. The van der Waals surface area contributed by atoms with Gasteiger partial charge in [0.1, 0.15) is 0 Å². The third-order valence-corrected chi connectivity index (χ3v) is 6.09. The van der Waals surface area contributed by atoms with E-state index in [9.17, 15) is 0 Å². The van der Waals surface area contributed by atoms with Gasteiger partial charge < -0.3 is 19.7 Å². The van der Waals surface area contributed by atoms with Crippen molar-refractivity contribution in [3.63, 3.8) is 0 Å². The molecule has 5 heteroatoms. The normalized spacial score (nSPS) is 26.9. The summed E-state index contributed by atoms with van der Waals surface area (Å²) in [6.45, 7) is 7.71. The van der Waals surface area contributed by atoms with Crippen LogP contribution in [0, 0.1) is 5.41 Å². The van der Waals surface area contributed by atoms with Crippen molar-refractivity contribution in [1.82, 2.24) is 10.2 Å². The molecule has 132 valence electrons. The fourth-order valence-corrected chi connectivity index (χ4v) is 4.46. The third-order valence-electron chi connectivity index (χ3n) is 6.09. The Bertz CT molecular complexity index is 412. The maximum atomic E-state index is 5.83. The first-order chi connectivity index (χ1) is 11.2. The summed E-state index contributed by atoms with van der Waals surface area (Å²) in [6, 6.07) is 0. The highest BCUT2D eigenvalue weighted by molar-refractivity contribution is 5.80. The maximum Gasteiger partial charge on any atom is 0.194 e. The number of guanidine groups is 1. The zero-order valence-electron chi connectivity index (χ0n) is 14.9. The van der Waals surface area contributed by atoms with Gasteiger partial charge in [0.25, 0.3) is 0 Å². The van der Waals surface area contributed by atoms with Crippen molar-refractivity contribution in [2.75, 3.05) is 46.5 Å². The molecule has 1 N–H and O–H groups in total. The number of ether oxygens (including phenoxy) is 2. The molecule has 3 aliphatic rings. The van der Waals surface area contributed by atoms with E-state index in [1.807, 2.05) is 7.11 Å². The number of aliphatic imine (C=N–C) groups is 1. The van der Waals surface area contributed by atoms with Gasteiger partial charge in [0.05, 0.1) is 12.1 Å². The first kappa shape index (κ1) is 17.0. The number of hydrogen-bond donors (Lipinski definition) is 1. The van der Waals surface area contributed by atoms with Crippen LogP contribution in [0.5, 0.6) is 0 Å². The van der Waals surface area contributed by atoms with Gasteiger partial charge in [0, 0.05) is 52.8 Å². The lowest BCUT2D eigenvalue weighted by Crippen LogP contribution is -2.45. The molecule has 23 heavy (non-hydrogen) atoms. The predicted octanol–water partition coefficient (Wildman–Crippen LogP) is 2.41. The van der Waals surface area contributed by atoms with Gasteiger partial charge in [-0.1, -0.05) is 12.8 Å². The summed E-state index contributed by atoms with van der Waals surface area (Å²) in [5, 5.41) is 3.50. The highest BCUT2D eigenvalue weighted by atomic mass is 16.5. The van der Waals surface area contributed by atoms with Crippen LogP contribution in [0.3, 0.4) is 0 Å². The molecule has 3 rings (SSSR count). The molecule has 3 fully saturated rings. The average molecular weight is 323 g/mol. The molecular weight excluding hydrogens is 290 g/mol. The zero-order valence-corrected chi connectivity index (χ0v) is 14.9. The van der Waals surface area contributed by atoms with E-state index < -0.39 is 0 Å². The van der Waals surface area contributed by atoms with Gasteiger partial charge >= 0.3 is 0 Å². The van der Waals surface area contributed by atoms with Crippen LogP contribution >= 0.6 is 0 Å². The Morgan fingerprint density at radius 1 is 1.17 bits per heavy atom. The van der Waals surface area contributed by atoms with Gasteiger partial charge in [-0.25, -0.2) is 0 Å². The van der Waals surface area contributed by atoms with Crippen LogP contribution in [0.4, 0.5) is 0 Å². The first-order valence-electron chi connectivity index (χ1n) is 9.37. The second kappa shape index (κ2) is 7.39. The fourth-order valence-electron chi connectivity index (χ4n) is 4.46. The third kappa shape index (κ3) is 3.82. The van der Waals surface area contributed by atoms with Crippen LogP contribution in [-0.4, -0.2) is 63.0 Å². The number of likely N-dealkylation sites (tertiary alicyclic amines) is 1. The topological polar surface area (TPSA) is 46.1 Å². The standard InChI is InChI=1S/C18H33N3O2/c1-3-19-16(20-14-18(22-2)9-12-23-13-10-18)21-11-8-17(15-21)6-4-5-7-17/h3-15H2,1-2H3,(H,19,20). The molecule has 0 bridgehead atoms. The van der Waals surface area contributed by atoms with Crippen molar-refractivity contribution >= 4 is 5.96 Å². The Labute approximate surface area is 140 Å². The second-order valence-electron chi connectivity index (χ2n) is 7.55. The molecule has 1 spiro atoms. The molecule has 0 atom stereocenters. The Morgan fingerprint density at radius 2 is 1.91 bits per heavy atom. The smallest absolute Gasteiger partial charge is 0.194 e. The van der Waals surface area contributed by atoms with Crippen LogP contribution in [0.2, 0.25) is 0 Å². The van der Waals surface area contributed by atoms with Crippen LogP contribution in [0.15, 0.2) is 4.99 Å². The van der Waals surface area contributed by atoms with Gasteiger partial charge in [0.15, 0.2) is 5.96 Å². The van der Waals surface area contributed by atoms with Crippen LogP contribution in [0.25, 0.3) is 0 Å². The minimum absolute atomic E-state index is 0.135. The molecule has 5 nitrogen and oxygen atoms in total. The molecule has 2 saturated heterocycles. The van der Waals surface area contributed by atoms with Crippen molar-refractivity contribution in [2.24, 2.45) is 10.4 Å². The van der Waals surface area contributed by atoms with E-state index in [-0.39, 0.29) is 5.60 Å². The van der Waals surface area contributed by atoms with Crippen molar-refractivity contribution in [3.8, 4) is 0 Å². The van der Waals surface area contributed by atoms with Gasteiger partial charge in [-0.3, -0.25) is 4.99 Å².